The Morgan fingerprint density at radius 1 is 1.10 bits per heavy atom. The molecule has 0 heterocycles. The molecule has 0 aliphatic heterocycles. The van der Waals surface area contributed by atoms with Gasteiger partial charge in [0.15, 0.2) is 0 Å². The number of carbonyl (C=O) groups is 1. The SMILES string of the molecule is CCCC1CCC(C(=O)C2CC2c2ccccc2)CC1. The molecule has 108 valence electrons. The largest absolute Gasteiger partial charge is 0.299 e. The molecule has 0 aromatic heterocycles. The van der Waals surface area contributed by atoms with Gasteiger partial charge in [0.05, 0.1) is 0 Å². The summed E-state index contributed by atoms with van der Waals surface area (Å²) in [6.45, 7) is 2.27. The highest BCUT2D eigenvalue weighted by molar-refractivity contribution is 5.87. The van der Waals surface area contributed by atoms with Gasteiger partial charge < -0.3 is 0 Å². The van der Waals surface area contributed by atoms with E-state index in [9.17, 15) is 4.79 Å². The van der Waals surface area contributed by atoms with E-state index in [4.69, 9.17) is 0 Å². The molecule has 1 nitrogen and oxygen atoms in total. The topological polar surface area (TPSA) is 17.1 Å². The number of benzene rings is 1. The highest BCUT2D eigenvalue weighted by Crippen LogP contribution is 2.50. The lowest BCUT2D eigenvalue weighted by atomic mass is 9.77. The van der Waals surface area contributed by atoms with E-state index in [2.05, 4.69) is 37.3 Å². The fraction of sp³-hybridized carbons (Fsp3) is 0.632. The van der Waals surface area contributed by atoms with Crippen LogP contribution in [0.5, 0.6) is 0 Å². The van der Waals surface area contributed by atoms with Crippen molar-refractivity contribution in [1.29, 1.82) is 0 Å². The van der Waals surface area contributed by atoms with Crippen molar-refractivity contribution in [1.82, 2.24) is 0 Å². The Kier molecular flexibility index (Phi) is 4.24. The summed E-state index contributed by atoms with van der Waals surface area (Å²) in [5.41, 5.74) is 1.37. The predicted molar refractivity (Wildman–Crippen MR) is 82.7 cm³/mol. The smallest absolute Gasteiger partial charge is 0.139 e. The molecule has 1 aromatic rings. The van der Waals surface area contributed by atoms with Crippen LogP contribution in [0.4, 0.5) is 0 Å². The number of Topliss-reactive ketones (excluding diaryl/α,β-unsaturated/α-hetero) is 1. The summed E-state index contributed by atoms with van der Waals surface area (Å²) in [5, 5.41) is 0. The van der Waals surface area contributed by atoms with E-state index in [1.54, 1.807) is 0 Å². The third-order valence-electron chi connectivity index (χ3n) is 5.33. The van der Waals surface area contributed by atoms with Crippen molar-refractivity contribution in [3.8, 4) is 0 Å². The van der Waals surface area contributed by atoms with Gasteiger partial charge in [-0.25, -0.2) is 0 Å². The first kappa shape index (κ1) is 13.9. The van der Waals surface area contributed by atoms with Crippen molar-refractivity contribution in [3.05, 3.63) is 35.9 Å². The molecule has 2 atom stereocenters. The molecule has 0 amide bonds. The third kappa shape index (κ3) is 2.97. The summed E-state index contributed by atoms with van der Waals surface area (Å²) in [6.07, 6.45) is 8.62. The van der Waals surface area contributed by atoms with Crippen molar-refractivity contribution < 1.29 is 4.79 Å². The maximum absolute atomic E-state index is 12.6. The second-order valence-electron chi connectivity index (χ2n) is 6.77. The summed E-state index contributed by atoms with van der Waals surface area (Å²) in [4.78, 5) is 12.6. The first-order valence-corrected chi connectivity index (χ1v) is 8.38. The number of hydrogen-bond acceptors (Lipinski definition) is 1. The molecule has 2 fully saturated rings. The molecule has 1 aromatic carbocycles. The first-order chi connectivity index (χ1) is 9.79. The molecule has 2 aliphatic carbocycles. The summed E-state index contributed by atoms with van der Waals surface area (Å²) in [5.74, 6) is 2.71. The Hall–Kier alpha value is -1.11. The van der Waals surface area contributed by atoms with Crippen LogP contribution in [-0.4, -0.2) is 5.78 Å². The number of rotatable bonds is 5. The van der Waals surface area contributed by atoms with Gasteiger partial charge >= 0.3 is 0 Å². The third-order valence-corrected chi connectivity index (χ3v) is 5.33. The molecule has 0 bridgehead atoms. The van der Waals surface area contributed by atoms with Crippen molar-refractivity contribution in [3.63, 3.8) is 0 Å². The molecular weight excluding hydrogens is 244 g/mol. The van der Waals surface area contributed by atoms with Gasteiger partial charge in [-0.1, -0.05) is 50.1 Å². The molecule has 0 spiro atoms. The lowest BCUT2D eigenvalue weighted by Crippen LogP contribution is -2.23. The van der Waals surface area contributed by atoms with Gasteiger partial charge in [-0.2, -0.15) is 0 Å². The fourth-order valence-electron chi connectivity index (χ4n) is 4.02. The van der Waals surface area contributed by atoms with Crippen LogP contribution in [0.15, 0.2) is 30.3 Å². The van der Waals surface area contributed by atoms with Gasteiger partial charge in [0, 0.05) is 11.8 Å². The molecule has 2 unspecified atom stereocenters. The van der Waals surface area contributed by atoms with Crippen molar-refractivity contribution in [2.45, 2.75) is 57.8 Å². The van der Waals surface area contributed by atoms with Crippen LogP contribution in [0, 0.1) is 17.8 Å². The molecule has 0 N–H and O–H groups in total. The van der Waals surface area contributed by atoms with Crippen molar-refractivity contribution >= 4 is 5.78 Å². The van der Waals surface area contributed by atoms with Crippen LogP contribution in [0.25, 0.3) is 0 Å². The zero-order valence-corrected chi connectivity index (χ0v) is 12.6. The standard InChI is InChI=1S/C19H26O/c1-2-6-14-9-11-16(12-10-14)19(20)18-13-17(18)15-7-4-3-5-8-15/h3-5,7-8,14,16-18H,2,6,9-13H2,1H3. The number of ketones is 1. The van der Waals surface area contributed by atoms with E-state index in [0.717, 1.165) is 25.2 Å². The highest BCUT2D eigenvalue weighted by atomic mass is 16.1. The van der Waals surface area contributed by atoms with Crippen LogP contribution in [0.3, 0.4) is 0 Å². The highest BCUT2D eigenvalue weighted by Gasteiger charge is 2.46. The summed E-state index contributed by atoms with van der Waals surface area (Å²) >= 11 is 0. The van der Waals surface area contributed by atoms with Gasteiger partial charge in [0.2, 0.25) is 0 Å². The maximum Gasteiger partial charge on any atom is 0.139 e. The van der Waals surface area contributed by atoms with Crippen LogP contribution < -0.4 is 0 Å². The quantitative estimate of drug-likeness (QED) is 0.738. The van der Waals surface area contributed by atoms with Crippen LogP contribution in [0.2, 0.25) is 0 Å². The maximum atomic E-state index is 12.6. The van der Waals surface area contributed by atoms with Gasteiger partial charge in [-0.15, -0.1) is 0 Å². The van der Waals surface area contributed by atoms with Gasteiger partial charge in [-0.05, 0) is 49.5 Å². The minimum absolute atomic E-state index is 0.338. The fourth-order valence-corrected chi connectivity index (χ4v) is 4.02. The number of carbonyl (C=O) groups excluding carboxylic acids is 1. The second kappa shape index (κ2) is 6.11. The first-order valence-electron chi connectivity index (χ1n) is 8.38. The second-order valence-corrected chi connectivity index (χ2v) is 6.77. The Bertz CT molecular complexity index is 442. The van der Waals surface area contributed by atoms with Crippen LogP contribution in [0.1, 0.15) is 63.4 Å². The minimum atomic E-state index is 0.338. The van der Waals surface area contributed by atoms with Crippen molar-refractivity contribution in [2.75, 3.05) is 0 Å². The van der Waals surface area contributed by atoms with Crippen LogP contribution in [-0.2, 0) is 4.79 Å². The lowest BCUT2D eigenvalue weighted by molar-refractivity contribution is -0.125. The van der Waals surface area contributed by atoms with Gasteiger partial charge in [0.25, 0.3) is 0 Å². The monoisotopic (exact) mass is 270 g/mol. The van der Waals surface area contributed by atoms with E-state index in [0.29, 0.717) is 23.5 Å². The number of hydrogen-bond donors (Lipinski definition) is 0. The predicted octanol–water partition coefficient (Wildman–Crippen LogP) is 4.97. The van der Waals surface area contributed by atoms with E-state index in [1.807, 2.05) is 0 Å². The van der Waals surface area contributed by atoms with E-state index in [1.165, 1.54) is 31.2 Å². The Morgan fingerprint density at radius 3 is 2.45 bits per heavy atom. The van der Waals surface area contributed by atoms with Gasteiger partial charge in [-0.3, -0.25) is 4.79 Å². The van der Waals surface area contributed by atoms with E-state index in [-0.39, 0.29) is 0 Å². The average molecular weight is 270 g/mol. The molecular formula is C19H26O. The van der Waals surface area contributed by atoms with Crippen LogP contribution >= 0.6 is 0 Å². The summed E-state index contributed by atoms with van der Waals surface area (Å²) in [6, 6.07) is 10.6. The molecule has 1 heteroatoms. The zero-order chi connectivity index (χ0) is 13.9. The normalized spacial score (nSPS) is 32.9. The van der Waals surface area contributed by atoms with Crippen molar-refractivity contribution in [2.24, 2.45) is 17.8 Å². The molecule has 20 heavy (non-hydrogen) atoms. The Morgan fingerprint density at radius 2 is 1.80 bits per heavy atom. The molecule has 2 saturated carbocycles. The summed E-state index contributed by atoms with van der Waals surface area (Å²) < 4.78 is 0. The summed E-state index contributed by atoms with van der Waals surface area (Å²) in [7, 11) is 0. The molecule has 0 saturated heterocycles. The Labute approximate surface area is 122 Å². The average Bonchev–Trinajstić information content (AvgIpc) is 3.29. The molecule has 2 aliphatic rings. The molecule has 3 rings (SSSR count). The molecule has 0 radical (unpaired) electrons. The van der Waals surface area contributed by atoms with Gasteiger partial charge in [0.1, 0.15) is 5.78 Å². The van der Waals surface area contributed by atoms with E-state index < -0.39 is 0 Å². The Balaban J connectivity index is 1.52. The minimum Gasteiger partial charge on any atom is -0.299 e. The zero-order valence-electron chi connectivity index (χ0n) is 12.6. The van der Waals surface area contributed by atoms with E-state index >= 15 is 0 Å². The lowest BCUT2D eigenvalue weighted by Gasteiger charge is -2.27.